The van der Waals surface area contributed by atoms with Gasteiger partial charge in [-0.2, -0.15) is 0 Å². The van der Waals surface area contributed by atoms with Gasteiger partial charge in [-0.15, -0.1) is 5.10 Å². The second kappa shape index (κ2) is 6.60. The van der Waals surface area contributed by atoms with Gasteiger partial charge in [-0.1, -0.05) is 32.2 Å². The van der Waals surface area contributed by atoms with Crippen LogP contribution < -0.4 is 5.32 Å². The maximum Gasteiger partial charge on any atom is 0.326 e. The quantitative estimate of drug-likeness (QED) is 0.832. The second-order valence-electron chi connectivity index (χ2n) is 5.14. The lowest BCUT2D eigenvalue weighted by Gasteiger charge is -2.16. The lowest BCUT2D eigenvalue weighted by molar-refractivity contribution is -0.139. The molecule has 1 heterocycles. The number of amides is 1. The Bertz CT molecular complexity index is 457. The Balaban J connectivity index is 2.82. The van der Waals surface area contributed by atoms with Gasteiger partial charge in [0.25, 0.3) is 5.91 Å². The Morgan fingerprint density at radius 2 is 1.95 bits per heavy atom. The number of nitrogens with zero attached hydrogens (tertiary/aromatic N) is 2. The van der Waals surface area contributed by atoms with Gasteiger partial charge in [-0.05, 0) is 29.8 Å². The number of carbonyl (C=O) groups is 2. The van der Waals surface area contributed by atoms with Gasteiger partial charge in [0.2, 0.25) is 0 Å². The normalized spacial score (nSPS) is 12.7. The molecule has 1 unspecified atom stereocenters. The molecule has 0 aliphatic carbocycles. The monoisotopic (exact) mass is 285 g/mol. The fraction of sp³-hybridized carbons (Fsp3) is 0.667. The van der Waals surface area contributed by atoms with Crippen molar-refractivity contribution in [3.05, 3.63) is 10.6 Å². The maximum atomic E-state index is 12.1. The number of hydrogen-bond acceptors (Lipinski definition) is 5. The van der Waals surface area contributed by atoms with E-state index in [4.69, 9.17) is 5.11 Å². The topological polar surface area (TPSA) is 92.2 Å². The summed E-state index contributed by atoms with van der Waals surface area (Å²) in [6.45, 7) is 7.65. The molecular weight excluding hydrogens is 266 g/mol. The molecule has 1 atom stereocenters. The number of hydrogen-bond donors (Lipinski definition) is 2. The molecule has 0 fully saturated rings. The highest BCUT2D eigenvalue weighted by atomic mass is 32.1. The first-order chi connectivity index (χ1) is 8.82. The summed E-state index contributed by atoms with van der Waals surface area (Å²) in [5.41, 5.74) is 0.608. The van der Waals surface area contributed by atoms with Crippen molar-refractivity contribution in [1.82, 2.24) is 14.9 Å². The van der Waals surface area contributed by atoms with Crippen LogP contribution in [0.4, 0.5) is 0 Å². The average molecular weight is 285 g/mol. The van der Waals surface area contributed by atoms with Crippen LogP contribution in [0.15, 0.2) is 0 Å². The molecule has 1 aromatic heterocycles. The first kappa shape index (κ1) is 15.6. The van der Waals surface area contributed by atoms with E-state index in [-0.39, 0.29) is 11.8 Å². The summed E-state index contributed by atoms with van der Waals surface area (Å²) in [7, 11) is 0. The van der Waals surface area contributed by atoms with Gasteiger partial charge in [-0.3, -0.25) is 4.79 Å². The Morgan fingerprint density at radius 3 is 2.42 bits per heavy atom. The Labute approximate surface area is 116 Å². The molecule has 0 saturated heterocycles. The van der Waals surface area contributed by atoms with Gasteiger partial charge in [0, 0.05) is 0 Å². The van der Waals surface area contributed by atoms with E-state index < -0.39 is 17.9 Å². The first-order valence-electron chi connectivity index (χ1n) is 6.18. The number of rotatable bonds is 6. The summed E-state index contributed by atoms with van der Waals surface area (Å²) in [4.78, 5) is 23.6. The van der Waals surface area contributed by atoms with Gasteiger partial charge >= 0.3 is 5.97 Å². The van der Waals surface area contributed by atoms with Crippen LogP contribution in [0.3, 0.4) is 0 Å². The van der Waals surface area contributed by atoms with E-state index in [9.17, 15) is 9.59 Å². The highest BCUT2D eigenvalue weighted by Gasteiger charge is 2.25. The lowest BCUT2D eigenvalue weighted by atomic mass is 10.0. The van der Waals surface area contributed by atoms with Crippen molar-refractivity contribution >= 4 is 23.4 Å². The van der Waals surface area contributed by atoms with E-state index in [0.717, 1.165) is 11.5 Å². The van der Waals surface area contributed by atoms with Crippen LogP contribution in [0.2, 0.25) is 0 Å². The minimum absolute atomic E-state index is 0.0767. The largest absolute Gasteiger partial charge is 0.480 e. The van der Waals surface area contributed by atoms with Crippen LogP contribution in [0, 0.1) is 5.92 Å². The van der Waals surface area contributed by atoms with Crippen LogP contribution in [0.5, 0.6) is 0 Å². The molecule has 0 aliphatic heterocycles. The SMILES string of the molecule is CC(C)CC(NC(=O)c1snnc1C(C)C)C(=O)O. The van der Waals surface area contributed by atoms with Crippen LogP contribution in [-0.4, -0.2) is 32.6 Å². The fourth-order valence-electron chi connectivity index (χ4n) is 1.65. The number of aromatic nitrogens is 2. The molecule has 0 aliphatic rings. The summed E-state index contributed by atoms with van der Waals surface area (Å²) >= 11 is 0.992. The van der Waals surface area contributed by atoms with E-state index in [2.05, 4.69) is 14.9 Å². The zero-order valence-electron chi connectivity index (χ0n) is 11.5. The highest BCUT2D eigenvalue weighted by molar-refractivity contribution is 7.08. The van der Waals surface area contributed by atoms with E-state index in [1.807, 2.05) is 27.7 Å². The predicted octanol–water partition coefficient (Wildman–Crippen LogP) is 1.89. The summed E-state index contributed by atoms with van der Waals surface area (Å²) in [6.07, 6.45) is 0.393. The second-order valence-corrected chi connectivity index (χ2v) is 5.89. The Morgan fingerprint density at radius 1 is 1.32 bits per heavy atom. The van der Waals surface area contributed by atoms with Gasteiger partial charge in [0.1, 0.15) is 10.9 Å². The maximum absolute atomic E-state index is 12.1. The third-order valence-corrected chi connectivity index (χ3v) is 3.32. The minimum Gasteiger partial charge on any atom is -0.480 e. The van der Waals surface area contributed by atoms with Gasteiger partial charge < -0.3 is 10.4 Å². The van der Waals surface area contributed by atoms with Crippen molar-refractivity contribution in [2.24, 2.45) is 5.92 Å². The fourth-order valence-corrected chi connectivity index (χ4v) is 2.37. The Kier molecular flexibility index (Phi) is 5.41. The molecule has 106 valence electrons. The van der Waals surface area contributed by atoms with Crippen LogP contribution >= 0.6 is 11.5 Å². The van der Waals surface area contributed by atoms with Crippen LogP contribution in [0.25, 0.3) is 0 Å². The van der Waals surface area contributed by atoms with Gasteiger partial charge in [0.15, 0.2) is 0 Å². The van der Waals surface area contributed by atoms with Crippen molar-refractivity contribution in [1.29, 1.82) is 0 Å². The molecule has 1 aromatic rings. The molecule has 6 nitrogen and oxygen atoms in total. The number of aliphatic carboxylic acids is 1. The molecule has 0 radical (unpaired) electrons. The summed E-state index contributed by atoms with van der Waals surface area (Å²) < 4.78 is 3.76. The van der Waals surface area contributed by atoms with Gasteiger partial charge in [0.05, 0.1) is 5.69 Å². The van der Waals surface area contributed by atoms with E-state index >= 15 is 0 Å². The zero-order valence-corrected chi connectivity index (χ0v) is 12.3. The van der Waals surface area contributed by atoms with Crippen molar-refractivity contribution in [3.8, 4) is 0 Å². The lowest BCUT2D eigenvalue weighted by Crippen LogP contribution is -2.41. The number of carboxylic acids is 1. The van der Waals surface area contributed by atoms with E-state index in [1.54, 1.807) is 0 Å². The average Bonchev–Trinajstić information content (AvgIpc) is 2.76. The molecule has 7 heteroatoms. The van der Waals surface area contributed by atoms with E-state index in [1.165, 1.54) is 0 Å². The van der Waals surface area contributed by atoms with Crippen molar-refractivity contribution < 1.29 is 14.7 Å². The molecule has 0 saturated carbocycles. The van der Waals surface area contributed by atoms with E-state index in [0.29, 0.717) is 17.0 Å². The summed E-state index contributed by atoms with van der Waals surface area (Å²) in [5, 5.41) is 15.6. The standard InChI is InChI=1S/C12H19N3O3S/c1-6(2)5-8(12(17)18)13-11(16)10-9(7(3)4)14-15-19-10/h6-8H,5H2,1-4H3,(H,13,16)(H,17,18). The molecule has 2 N–H and O–H groups in total. The predicted molar refractivity (Wildman–Crippen MR) is 72.3 cm³/mol. The molecule has 19 heavy (non-hydrogen) atoms. The smallest absolute Gasteiger partial charge is 0.326 e. The first-order valence-corrected chi connectivity index (χ1v) is 6.96. The van der Waals surface area contributed by atoms with Crippen molar-refractivity contribution in [2.75, 3.05) is 0 Å². The molecule has 0 spiro atoms. The van der Waals surface area contributed by atoms with Crippen LogP contribution in [0.1, 0.15) is 55.4 Å². The number of carboxylic acid groups (broad SMARTS) is 1. The number of carbonyl (C=O) groups excluding carboxylic acids is 1. The Hall–Kier alpha value is -1.50. The summed E-state index contributed by atoms with van der Waals surface area (Å²) in [5.74, 6) is -1.17. The van der Waals surface area contributed by atoms with Crippen molar-refractivity contribution in [3.63, 3.8) is 0 Å². The molecule has 0 bridgehead atoms. The van der Waals surface area contributed by atoms with Gasteiger partial charge in [-0.25, -0.2) is 4.79 Å². The summed E-state index contributed by atoms with van der Waals surface area (Å²) in [6, 6.07) is -0.880. The molecule has 1 amide bonds. The minimum atomic E-state index is -1.02. The zero-order chi connectivity index (χ0) is 14.6. The molecule has 0 aromatic carbocycles. The third-order valence-electron chi connectivity index (χ3n) is 2.58. The van der Waals surface area contributed by atoms with Crippen molar-refractivity contribution in [2.45, 2.75) is 46.1 Å². The number of nitrogens with one attached hydrogen (secondary N) is 1. The molecule has 1 rings (SSSR count). The van der Waals surface area contributed by atoms with Crippen LogP contribution in [-0.2, 0) is 4.79 Å². The third kappa shape index (κ3) is 4.27. The molecular formula is C12H19N3O3S. The highest BCUT2D eigenvalue weighted by Crippen LogP contribution is 2.20.